The Hall–Kier alpha value is -7.42. The zero-order valence-electron chi connectivity index (χ0n) is 49.8. The summed E-state index contributed by atoms with van der Waals surface area (Å²) in [4.78, 5) is 33.5. The number of carbonyl (C=O) groups excluding carboxylic acids is 1. The van der Waals surface area contributed by atoms with Crippen molar-refractivity contribution in [3.63, 3.8) is 0 Å². The van der Waals surface area contributed by atoms with Gasteiger partial charge in [0.1, 0.15) is 46.3 Å². The molecule has 1 aromatic heterocycles. The van der Waals surface area contributed by atoms with Crippen LogP contribution in [0.1, 0.15) is 85.4 Å². The molecule has 15 nitrogen and oxygen atoms in total. The largest absolute Gasteiger partial charge is 0.497 e. The first-order valence-corrected chi connectivity index (χ1v) is 31.2. The standard InChI is InChI=1S/C68H70F3N4O11PS/c1-63(2,46-81-67(51-25-14-9-15-26-51,52-27-16-10-17-28-52)53-29-18-11-19-30-53)61(76)88-43-42-82-87(78,72-44-47-22-20-21-31-56(47)68(69,70)71)83-45-57-59-65(5,86-64(3,4)85-59)60(84-57)75-41-40-58(73-62(75)77)74-66(48-23-12-8-13-24-48,49-32-36-54(79-6)37-33-49)50-34-38-55(80-7)39-35-50/h8-41,57,59-60H,42-46H2,1-7H3,(H,72,78)(H,73,74,77)/t57-,59+,60-,65?,87?/m1/s1. The molecular formula is C68H70F3N4O11PS. The Morgan fingerprint density at radius 2 is 1.18 bits per heavy atom. The van der Waals surface area contributed by atoms with E-state index in [1.165, 1.54) is 29.0 Å². The molecule has 3 heterocycles. The molecule has 2 aliphatic rings. The van der Waals surface area contributed by atoms with Gasteiger partial charge in [0.05, 0.1) is 45.0 Å². The molecule has 8 aromatic rings. The number of hydrogen-bond donors (Lipinski definition) is 2. The molecule has 2 saturated heterocycles. The van der Waals surface area contributed by atoms with Gasteiger partial charge in [-0.15, -0.1) is 0 Å². The van der Waals surface area contributed by atoms with Crippen molar-refractivity contribution in [2.24, 2.45) is 5.41 Å². The number of nitrogens with zero attached hydrogens (tertiary/aromatic N) is 2. The van der Waals surface area contributed by atoms with E-state index in [0.717, 1.165) is 51.2 Å². The van der Waals surface area contributed by atoms with Crippen molar-refractivity contribution >= 4 is 30.4 Å². The minimum absolute atomic E-state index is 0.0153. The van der Waals surface area contributed by atoms with Gasteiger partial charge in [0.2, 0.25) is 0 Å². The van der Waals surface area contributed by atoms with E-state index in [0.29, 0.717) is 11.5 Å². The number of benzene rings is 7. The van der Waals surface area contributed by atoms with Gasteiger partial charge in [-0.05, 0) is 110 Å². The number of carbonyl (C=O) groups is 1. The number of thioether (sulfide) groups is 1. The molecule has 88 heavy (non-hydrogen) atoms. The number of ether oxygens (including phenoxy) is 6. The summed E-state index contributed by atoms with van der Waals surface area (Å²) in [5, 5.41) is 6.01. The van der Waals surface area contributed by atoms with Crippen molar-refractivity contribution in [1.82, 2.24) is 14.6 Å². The summed E-state index contributed by atoms with van der Waals surface area (Å²) in [6.07, 6.45) is -6.47. The first-order chi connectivity index (χ1) is 42.1. The topological polar surface area (TPSA) is 167 Å². The van der Waals surface area contributed by atoms with Gasteiger partial charge in [-0.25, -0.2) is 14.4 Å². The second-order valence-electron chi connectivity index (χ2n) is 22.7. The number of halogens is 3. The number of methoxy groups -OCH3 is 2. The van der Waals surface area contributed by atoms with Gasteiger partial charge in [0, 0.05) is 18.5 Å². The number of alkyl halides is 3. The minimum Gasteiger partial charge on any atom is -0.497 e. The van der Waals surface area contributed by atoms with E-state index in [1.807, 2.05) is 170 Å². The van der Waals surface area contributed by atoms with Crippen LogP contribution in [0.2, 0.25) is 0 Å². The van der Waals surface area contributed by atoms with Crippen LogP contribution in [0, 0.1) is 5.41 Å². The Balaban J connectivity index is 0.886. The number of fused-ring (bicyclic) bond motifs is 1. The Morgan fingerprint density at radius 1 is 0.682 bits per heavy atom. The van der Waals surface area contributed by atoms with Crippen LogP contribution in [0.25, 0.3) is 0 Å². The lowest BCUT2D eigenvalue weighted by Crippen LogP contribution is -2.45. The van der Waals surface area contributed by atoms with E-state index < -0.39 is 84.7 Å². The smallest absolute Gasteiger partial charge is 0.416 e. The number of rotatable bonds is 25. The number of hydrogen-bond acceptors (Lipinski definition) is 14. The highest BCUT2D eigenvalue weighted by Gasteiger charge is 2.65. The van der Waals surface area contributed by atoms with Gasteiger partial charge in [-0.1, -0.05) is 176 Å². The second-order valence-corrected chi connectivity index (χ2v) is 25.6. The SMILES string of the molecule is COc1ccc(C(Nc2ccn([C@@H]3O[C@H](COP(=O)(NCc4ccccc4C(F)(F)F)OCCSC(=O)C(C)(C)COC(c4ccccc4)(c4ccccc4)c4ccccc4)[C@@H]4OC(C)(C)OC43C)c(=O)n2)(c2ccccc2)c2ccc(OC)cc2)cc1. The van der Waals surface area contributed by atoms with E-state index >= 15 is 4.57 Å². The van der Waals surface area contributed by atoms with Crippen LogP contribution < -0.4 is 25.6 Å². The third kappa shape index (κ3) is 13.4. The molecule has 2 unspecified atom stereocenters. The Bertz CT molecular complexity index is 3610. The Kier molecular flexibility index (Phi) is 19.0. The molecule has 10 rings (SSSR count). The van der Waals surface area contributed by atoms with Crippen LogP contribution in [0.3, 0.4) is 0 Å². The van der Waals surface area contributed by atoms with Crippen LogP contribution in [-0.4, -0.2) is 78.1 Å². The lowest BCUT2D eigenvalue weighted by molar-refractivity contribution is -0.217. The maximum Gasteiger partial charge on any atom is 0.416 e. The van der Waals surface area contributed by atoms with Gasteiger partial charge < -0.3 is 33.7 Å². The molecule has 2 fully saturated rings. The number of nitrogens with one attached hydrogen (secondary N) is 2. The maximum atomic E-state index is 15.0. The van der Waals surface area contributed by atoms with Crippen molar-refractivity contribution in [2.75, 3.05) is 45.1 Å². The van der Waals surface area contributed by atoms with E-state index in [-0.39, 0.29) is 35.5 Å². The van der Waals surface area contributed by atoms with Crippen molar-refractivity contribution in [3.05, 3.63) is 261 Å². The highest BCUT2D eigenvalue weighted by Crippen LogP contribution is 2.53. The van der Waals surface area contributed by atoms with Crippen LogP contribution in [-0.2, 0) is 61.2 Å². The highest BCUT2D eigenvalue weighted by molar-refractivity contribution is 8.13. The molecular weight excluding hydrogens is 1170 g/mol. The highest BCUT2D eigenvalue weighted by atomic mass is 32.2. The van der Waals surface area contributed by atoms with E-state index in [2.05, 4.69) is 15.4 Å². The number of anilines is 1. The summed E-state index contributed by atoms with van der Waals surface area (Å²) < 4.78 is 109. The zero-order valence-corrected chi connectivity index (χ0v) is 51.5. The molecule has 0 amide bonds. The van der Waals surface area contributed by atoms with Crippen molar-refractivity contribution in [1.29, 1.82) is 0 Å². The van der Waals surface area contributed by atoms with Gasteiger partial charge in [-0.3, -0.25) is 18.4 Å². The molecule has 460 valence electrons. The zero-order chi connectivity index (χ0) is 62.4. The van der Waals surface area contributed by atoms with Gasteiger partial charge in [0.15, 0.2) is 17.1 Å². The normalized spacial score (nSPS) is 19.1. The van der Waals surface area contributed by atoms with Gasteiger partial charge in [0.25, 0.3) is 0 Å². The fourth-order valence-corrected chi connectivity index (χ4v) is 13.7. The van der Waals surface area contributed by atoms with E-state index in [1.54, 1.807) is 54.9 Å². The fourth-order valence-electron chi connectivity index (χ4n) is 11.5. The summed E-state index contributed by atoms with van der Waals surface area (Å²) in [7, 11) is -1.42. The lowest BCUT2D eigenvalue weighted by Gasteiger charge is -2.38. The molecule has 0 bridgehead atoms. The van der Waals surface area contributed by atoms with Crippen molar-refractivity contribution in [2.45, 2.75) is 88.3 Å². The molecule has 0 aliphatic carbocycles. The first-order valence-electron chi connectivity index (χ1n) is 28.7. The molecule has 5 atom stereocenters. The summed E-state index contributed by atoms with van der Waals surface area (Å²) in [5.74, 6) is 0.252. The number of aromatic nitrogens is 2. The van der Waals surface area contributed by atoms with Crippen LogP contribution in [0.5, 0.6) is 11.5 Å². The van der Waals surface area contributed by atoms with Crippen LogP contribution >= 0.6 is 19.5 Å². The average Bonchev–Trinajstić information content (AvgIpc) is 1.52. The van der Waals surface area contributed by atoms with E-state index in [4.69, 9.17) is 37.5 Å². The van der Waals surface area contributed by atoms with Crippen LogP contribution in [0.15, 0.2) is 211 Å². The third-order valence-corrected chi connectivity index (χ3v) is 18.5. The molecule has 0 radical (unpaired) electrons. The molecule has 7 aromatic carbocycles. The Labute approximate surface area is 514 Å². The summed E-state index contributed by atoms with van der Waals surface area (Å²) in [6.45, 7) is 7.22. The summed E-state index contributed by atoms with van der Waals surface area (Å²) in [5.41, 5.74) is -1.54. The van der Waals surface area contributed by atoms with Crippen LogP contribution in [0.4, 0.5) is 19.0 Å². The van der Waals surface area contributed by atoms with Crippen molar-refractivity contribution in [3.8, 4) is 11.5 Å². The first kappa shape index (κ1) is 63.6. The van der Waals surface area contributed by atoms with Crippen molar-refractivity contribution < 1.29 is 60.0 Å². The average molecular weight is 1240 g/mol. The molecule has 20 heteroatoms. The molecule has 2 aliphatic heterocycles. The monoisotopic (exact) mass is 1240 g/mol. The maximum absolute atomic E-state index is 15.0. The quantitative estimate of drug-likeness (QED) is 0.0315. The summed E-state index contributed by atoms with van der Waals surface area (Å²) >= 11 is 0.929. The second kappa shape index (κ2) is 26.3. The predicted octanol–water partition coefficient (Wildman–Crippen LogP) is 13.7. The third-order valence-electron chi connectivity index (χ3n) is 15.7. The van der Waals surface area contributed by atoms with Gasteiger partial charge >= 0.3 is 19.6 Å². The lowest BCUT2D eigenvalue weighted by atomic mass is 9.77. The molecule has 2 N–H and O–H groups in total. The molecule has 0 saturated carbocycles. The minimum atomic E-state index is -4.73. The fraction of sp³-hybridized carbons (Fsp3) is 0.309. The van der Waals surface area contributed by atoms with Gasteiger partial charge in [-0.2, -0.15) is 18.2 Å². The Morgan fingerprint density at radius 3 is 1.69 bits per heavy atom. The predicted molar refractivity (Wildman–Crippen MR) is 331 cm³/mol. The summed E-state index contributed by atoms with van der Waals surface area (Å²) in [6, 6.07) is 60.8. The van der Waals surface area contributed by atoms with E-state index in [9.17, 15) is 22.8 Å². The molecule has 0 spiro atoms.